The summed E-state index contributed by atoms with van der Waals surface area (Å²) in [5.41, 5.74) is 0.0594. The number of hydrogen-bond donors (Lipinski definition) is 1. The van der Waals surface area contributed by atoms with Crippen LogP contribution in [0.25, 0.3) is 0 Å². The van der Waals surface area contributed by atoms with Gasteiger partial charge in [-0.15, -0.1) is 11.3 Å². The molecule has 0 amide bonds. The van der Waals surface area contributed by atoms with E-state index < -0.39 is 0 Å². The largest absolute Gasteiger partial charge is 0.391 e. The molecular formula is C16H24BrNOS. The molecule has 2 fully saturated rings. The Labute approximate surface area is 134 Å². The van der Waals surface area contributed by atoms with Gasteiger partial charge in [-0.05, 0) is 66.1 Å². The predicted octanol–water partition coefficient (Wildman–Crippen LogP) is 4.21. The van der Waals surface area contributed by atoms with Crippen molar-refractivity contribution in [3.8, 4) is 0 Å². The van der Waals surface area contributed by atoms with Crippen LogP contribution in [0.2, 0.25) is 0 Å². The van der Waals surface area contributed by atoms with Gasteiger partial charge >= 0.3 is 0 Å². The fourth-order valence-corrected chi connectivity index (χ4v) is 5.58. The topological polar surface area (TPSA) is 23.5 Å². The smallest absolute Gasteiger partial charge is 0.0772 e. The molecular weight excluding hydrogens is 334 g/mol. The molecule has 1 aliphatic heterocycles. The second-order valence-electron chi connectivity index (χ2n) is 6.27. The number of halogens is 1. The average molecular weight is 358 g/mol. The monoisotopic (exact) mass is 357 g/mol. The summed E-state index contributed by atoms with van der Waals surface area (Å²) in [6, 6.07) is 2.09. The Balaban J connectivity index is 1.77. The first kappa shape index (κ1) is 15.0. The van der Waals surface area contributed by atoms with Crippen LogP contribution in [0.15, 0.2) is 15.9 Å². The van der Waals surface area contributed by atoms with Gasteiger partial charge in [-0.25, -0.2) is 0 Å². The van der Waals surface area contributed by atoms with Crippen LogP contribution in [0, 0.1) is 0 Å². The number of aliphatic hydroxyl groups excluding tert-OH is 1. The number of aliphatic hydroxyl groups is 1. The lowest BCUT2D eigenvalue weighted by atomic mass is 9.84. The normalized spacial score (nSPS) is 24.9. The fraction of sp³-hybridized carbons (Fsp3) is 0.750. The molecule has 112 valence electrons. The highest BCUT2D eigenvalue weighted by molar-refractivity contribution is 9.10. The molecule has 1 N–H and O–H groups in total. The third-order valence-corrected chi connectivity index (χ3v) is 7.09. The van der Waals surface area contributed by atoms with Gasteiger partial charge in [0.1, 0.15) is 0 Å². The molecule has 1 unspecified atom stereocenters. The Hall–Kier alpha value is 0.1000. The van der Waals surface area contributed by atoms with Crippen molar-refractivity contribution in [3.63, 3.8) is 0 Å². The molecule has 4 heteroatoms. The maximum atomic E-state index is 11.0. The van der Waals surface area contributed by atoms with E-state index in [4.69, 9.17) is 0 Å². The van der Waals surface area contributed by atoms with Crippen molar-refractivity contribution < 1.29 is 5.11 Å². The second kappa shape index (κ2) is 6.47. The number of rotatable bonds is 4. The van der Waals surface area contributed by atoms with Gasteiger partial charge in [-0.3, -0.25) is 4.90 Å². The van der Waals surface area contributed by atoms with Gasteiger partial charge in [0.15, 0.2) is 0 Å². The maximum Gasteiger partial charge on any atom is 0.0772 e. The number of nitrogens with zero attached hydrogens (tertiary/aromatic N) is 1. The molecule has 3 rings (SSSR count). The zero-order valence-electron chi connectivity index (χ0n) is 12.0. The summed E-state index contributed by atoms with van der Waals surface area (Å²) in [6.07, 6.45) is 9.45. The predicted molar refractivity (Wildman–Crippen MR) is 88.4 cm³/mol. The third-order valence-electron chi connectivity index (χ3n) is 5.15. The molecule has 2 heterocycles. The number of piperidine rings is 1. The summed E-state index contributed by atoms with van der Waals surface area (Å²) in [7, 11) is 0. The Bertz CT molecular complexity index is 435. The van der Waals surface area contributed by atoms with E-state index in [-0.39, 0.29) is 11.6 Å². The molecule has 0 aromatic carbocycles. The number of thiophene rings is 1. The molecule has 1 saturated carbocycles. The standard InChI is InChI=1S/C16H24BrNOS/c17-13-6-11-20-14(13)12-15(19)16(7-2-3-8-16)18-9-4-1-5-10-18/h6,11,15,19H,1-5,7-10,12H2. The maximum absolute atomic E-state index is 11.0. The minimum atomic E-state index is -0.224. The number of hydrogen-bond acceptors (Lipinski definition) is 3. The van der Waals surface area contributed by atoms with Crippen LogP contribution in [0.5, 0.6) is 0 Å². The van der Waals surface area contributed by atoms with Gasteiger partial charge < -0.3 is 5.11 Å². The fourth-order valence-electron chi connectivity index (χ4n) is 4.02. The van der Waals surface area contributed by atoms with Crippen LogP contribution in [-0.4, -0.2) is 34.7 Å². The van der Waals surface area contributed by atoms with E-state index in [2.05, 4.69) is 32.3 Å². The Morgan fingerprint density at radius 2 is 1.90 bits per heavy atom. The van der Waals surface area contributed by atoms with Crippen molar-refractivity contribution in [1.29, 1.82) is 0 Å². The van der Waals surface area contributed by atoms with Gasteiger partial charge in [0, 0.05) is 21.3 Å². The Morgan fingerprint density at radius 1 is 1.20 bits per heavy atom. The lowest BCUT2D eigenvalue weighted by molar-refractivity contribution is -0.0378. The van der Waals surface area contributed by atoms with Crippen LogP contribution in [-0.2, 0) is 6.42 Å². The Kier molecular flexibility index (Phi) is 4.86. The quantitative estimate of drug-likeness (QED) is 0.872. The van der Waals surface area contributed by atoms with Crippen molar-refractivity contribution >= 4 is 27.3 Å². The van der Waals surface area contributed by atoms with Gasteiger partial charge in [-0.1, -0.05) is 19.3 Å². The third kappa shape index (κ3) is 2.85. The first-order valence-corrected chi connectivity index (χ1v) is 9.55. The summed E-state index contributed by atoms with van der Waals surface area (Å²) in [6.45, 7) is 2.37. The zero-order valence-corrected chi connectivity index (χ0v) is 14.4. The second-order valence-corrected chi connectivity index (χ2v) is 8.13. The van der Waals surface area contributed by atoms with E-state index in [0.29, 0.717) is 0 Å². The molecule has 1 aromatic rings. The molecule has 2 nitrogen and oxygen atoms in total. The summed E-state index contributed by atoms with van der Waals surface area (Å²) >= 11 is 5.36. The van der Waals surface area contributed by atoms with Crippen LogP contribution in [0.3, 0.4) is 0 Å². The van der Waals surface area contributed by atoms with E-state index in [1.54, 1.807) is 11.3 Å². The van der Waals surface area contributed by atoms with Crippen molar-refractivity contribution in [2.24, 2.45) is 0 Å². The van der Waals surface area contributed by atoms with E-state index in [1.165, 1.54) is 62.9 Å². The van der Waals surface area contributed by atoms with Crippen molar-refractivity contribution in [2.45, 2.75) is 63.0 Å². The molecule has 1 aliphatic carbocycles. The highest BCUT2D eigenvalue weighted by atomic mass is 79.9. The summed E-state index contributed by atoms with van der Waals surface area (Å²) in [5, 5.41) is 13.1. The van der Waals surface area contributed by atoms with Crippen molar-refractivity contribution in [1.82, 2.24) is 4.90 Å². The van der Waals surface area contributed by atoms with Gasteiger partial charge in [0.2, 0.25) is 0 Å². The highest BCUT2D eigenvalue weighted by Gasteiger charge is 2.45. The summed E-state index contributed by atoms with van der Waals surface area (Å²) in [5.74, 6) is 0. The summed E-state index contributed by atoms with van der Waals surface area (Å²) < 4.78 is 1.16. The minimum Gasteiger partial charge on any atom is -0.391 e. The molecule has 1 atom stereocenters. The van der Waals surface area contributed by atoms with Gasteiger partial charge in [-0.2, -0.15) is 0 Å². The Morgan fingerprint density at radius 3 is 2.50 bits per heavy atom. The SMILES string of the molecule is OC(Cc1sccc1Br)C1(N2CCCCC2)CCCC1. The number of likely N-dealkylation sites (tertiary alicyclic amines) is 1. The van der Waals surface area contributed by atoms with E-state index in [9.17, 15) is 5.11 Å². The molecule has 0 bridgehead atoms. The zero-order chi connectivity index (χ0) is 14.0. The molecule has 1 saturated heterocycles. The van der Waals surface area contributed by atoms with Gasteiger partial charge in [0.25, 0.3) is 0 Å². The molecule has 0 spiro atoms. The first-order chi connectivity index (χ1) is 9.72. The molecule has 2 aliphatic rings. The van der Waals surface area contributed by atoms with Crippen molar-refractivity contribution in [2.75, 3.05) is 13.1 Å². The van der Waals surface area contributed by atoms with Crippen LogP contribution >= 0.6 is 27.3 Å². The van der Waals surface area contributed by atoms with Crippen molar-refractivity contribution in [3.05, 3.63) is 20.8 Å². The van der Waals surface area contributed by atoms with Crippen LogP contribution in [0.1, 0.15) is 49.8 Å². The van der Waals surface area contributed by atoms with Crippen LogP contribution < -0.4 is 0 Å². The molecule has 1 aromatic heterocycles. The lowest BCUT2D eigenvalue weighted by Gasteiger charge is -2.46. The average Bonchev–Trinajstić information content (AvgIpc) is 3.11. The van der Waals surface area contributed by atoms with E-state index >= 15 is 0 Å². The first-order valence-electron chi connectivity index (χ1n) is 7.87. The summed E-state index contributed by atoms with van der Waals surface area (Å²) in [4.78, 5) is 3.91. The van der Waals surface area contributed by atoms with E-state index in [1.807, 2.05) is 0 Å². The van der Waals surface area contributed by atoms with Crippen LogP contribution in [0.4, 0.5) is 0 Å². The molecule has 0 radical (unpaired) electrons. The van der Waals surface area contributed by atoms with E-state index in [0.717, 1.165) is 10.9 Å². The highest BCUT2D eigenvalue weighted by Crippen LogP contribution is 2.41. The lowest BCUT2D eigenvalue weighted by Crippen LogP contribution is -2.57. The molecule has 20 heavy (non-hydrogen) atoms. The minimum absolute atomic E-state index is 0.0594. The van der Waals surface area contributed by atoms with Gasteiger partial charge in [0.05, 0.1) is 6.10 Å².